The fourth-order valence-electron chi connectivity index (χ4n) is 2.86. The molecule has 0 bridgehead atoms. The molecule has 0 aliphatic rings. The quantitative estimate of drug-likeness (QED) is 0.262. The molecule has 0 saturated carbocycles. The van der Waals surface area contributed by atoms with Gasteiger partial charge in [-0.25, -0.2) is 0 Å². The molecular weight excluding hydrogens is 456 g/mol. The summed E-state index contributed by atoms with van der Waals surface area (Å²) in [5, 5.41) is 6.05. The number of esters is 2. The van der Waals surface area contributed by atoms with Crippen LogP contribution in [0, 0.1) is 11.8 Å². The monoisotopic (exact) mass is 498 g/mol. The van der Waals surface area contributed by atoms with Gasteiger partial charge >= 0.3 is 11.9 Å². The van der Waals surface area contributed by atoms with Crippen LogP contribution < -0.4 is 10.6 Å². The van der Waals surface area contributed by atoms with Crippen LogP contribution in [-0.4, -0.2) is 24.4 Å². The van der Waals surface area contributed by atoms with E-state index in [9.17, 15) is 14.4 Å². The number of nitrogens with one attached hydrogen (secondary N) is 2. The summed E-state index contributed by atoms with van der Waals surface area (Å²) in [5.41, 5.74) is 3.77. The topological polar surface area (TPSA) is 93.7 Å². The standard InChI is InChI=1S/C16H25NO2.C13H17NO3/c1-4-5-6-11-17-15-9-7-14(8-10-15)12-19-16(18)13(2)3;1-9(2)13(16)17-8-11-4-6-12(7-5-11)14-10(3)15/h7-10,13,17H,4-6,11-12H2,1-3H3;4-7,9H,8H2,1-3H3,(H,14,15). The first-order chi connectivity index (χ1) is 17.1. The molecule has 0 aromatic heterocycles. The molecule has 2 rings (SSSR count). The highest BCUT2D eigenvalue weighted by Crippen LogP contribution is 2.12. The molecular formula is C29H42N2O5. The molecule has 0 radical (unpaired) electrons. The van der Waals surface area contributed by atoms with Crippen molar-refractivity contribution in [3.05, 3.63) is 59.7 Å². The Balaban J connectivity index is 0.000000362. The van der Waals surface area contributed by atoms with Crippen LogP contribution in [0.4, 0.5) is 11.4 Å². The molecule has 2 aromatic rings. The Morgan fingerprint density at radius 1 is 0.722 bits per heavy atom. The highest BCUT2D eigenvalue weighted by molar-refractivity contribution is 5.88. The van der Waals surface area contributed by atoms with Gasteiger partial charge in [-0.2, -0.15) is 0 Å². The van der Waals surface area contributed by atoms with E-state index in [0.717, 1.165) is 29.0 Å². The minimum absolute atomic E-state index is 0.0699. The number of anilines is 2. The SMILES string of the molecule is CC(=O)Nc1ccc(COC(=O)C(C)C)cc1.CCCCCNc1ccc(COC(=O)C(C)C)cc1. The highest BCUT2D eigenvalue weighted by Gasteiger charge is 2.09. The zero-order valence-corrected chi connectivity index (χ0v) is 22.6. The number of hydrogen-bond donors (Lipinski definition) is 2. The highest BCUT2D eigenvalue weighted by atomic mass is 16.5. The predicted molar refractivity (Wildman–Crippen MR) is 144 cm³/mol. The van der Waals surface area contributed by atoms with Crippen molar-refractivity contribution in [2.45, 2.75) is 74.0 Å². The number of amides is 1. The lowest BCUT2D eigenvalue weighted by molar-refractivity contribution is -0.149. The van der Waals surface area contributed by atoms with Gasteiger partial charge in [0.05, 0.1) is 11.8 Å². The number of ether oxygens (including phenoxy) is 2. The van der Waals surface area contributed by atoms with Gasteiger partial charge in [0, 0.05) is 24.8 Å². The van der Waals surface area contributed by atoms with Gasteiger partial charge in [0.15, 0.2) is 0 Å². The Bertz CT molecular complexity index is 922. The van der Waals surface area contributed by atoms with E-state index in [-0.39, 0.29) is 36.3 Å². The zero-order valence-electron chi connectivity index (χ0n) is 22.6. The van der Waals surface area contributed by atoms with Gasteiger partial charge in [-0.05, 0) is 41.8 Å². The van der Waals surface area contributed by atoms with Crippen molar-refractivity contribution in [3.63, 3.8) is 0 Å². The smallest absolute Gasteiger partial charge is 0.308 e. The van der Waals surface area contributed by atoms with Crippen molar-refractivity contribution in [2.24, 2.45) is 11.8 Å². The number of hydrogen-bond acceptors (Lipinski definition) is 6. The molecule has 7 heteroatoms. The van der Waals surface area contributed by atoms with E-state index in [1.54, 1.807) is 26.0 Å². The summed E-state index contributed by atoms with van der Waals surface area (Å²) in [6.07, 6.45) is 3.70. The second-order valence-electron chi connectivity index (χ2n) is 9.23. The summed E-state index contributed by atoms with van der Waals surface area (Å²) in [6, 6.07) is 15.2. The molecule has 2 N–H and O–H groups in total. The van der Waals surface area contributed by atoms with E-state index >= 15 is 0 Å². The number of carbonyl (C=O) groups excluding carboxylic acids is 3. The molecule has 0 spiro atoms. The Hall–Kier alpha value is -3.35. The first-order valence-corrected chi connectivity index (χ1v) is 12.6. The molecule has 2 aromatic carbocycles. The van der Waals surface area contributed by atoms with Crippen molar-refractivity contribution >= 4 is 29.2 Å². The predicted octanol–water partition coefficient (Wildman–Crippen LogP) is 6.33. The van der Waals surface area contributed by atoms with E-state index in [1.165, 1.54) is 26.2 Å². The zero-order chi connectivity index (χ0) is 26.9. The lowest BCUT2D eigenvalue weighted by Gasteiger charge is -2.09. The molecule has 0 aliphatic heterocycles. The van der Waals surface area contributed by atoms with Gasteiger partial charge in [-0.15, -0.1) is 0 Å². The fraction of sp³-hybridized carbons (Fsp3) is 0.483. The van der Waals surface area contributed by atoms with Crippen LogP contribution in [0.1, 0.15) is 71.9 Å². The number of benzene rings is 2. The minimum atomic E-state index is -0.212. The molecule has 0 unspecified atom stereocenters. The van der Waals surface area contributed by atoms with Crippen LogP contribution in [0.3, 0.4) is 0 Å². The number of rotatable bonds is 12. The van der Waals surface area contributed by atoms with E-state index in [0.29, 0.717) is 6.61 Å². The molecule has 7 nitrogen and oxygen atoms in total. The van der Waals surface area contributed by atoms with Crippen LogP contribution in [-0.2, 0) is 37.1 Å². The van der Waals surface area contributed by atoms with Gasteiger partial charge < -0.3 is 20.1 Å². The second kappa shape index (κ2) is 17.1. The average Bonchev–Trinajstić information content (AvgIpc) is 2.85. The van der Waals surface area contributed by atoms with Crippen LogP contribution in [0.25, 0.3) is 0 Å². The van der Waals surface area contributed by atoms with Crippen molar-refractivity contribution in [3.8, 4) is 0 Å². The maximum Gasteiger partial charge on any atom is 0.308 e. The third-order valence-electron chi connectivity index (χ3n) is 5.04. The van der Waals surface area contributed by atoms with Gasteiger partial charge in [-0.1, -0.05) is 71.7 Å². The average molecular weight is 499 g/mol. The third kappa shape index (κ3) is 13.5. The molecule has 0 aliphatic carbocycles. The molecule has 0 heterocycles. The van der Waals surface area contributed by atoms with E-state index in [1.807, 2.05) is 50.2 Å². The normalized spacial score (nSPS) is 10.3. The molecule has 0 atom stereocenters. The van der Waals surface area contributed by atoms with Crippen molar-refractivity contribution < 1.29 is 23.9 Å². The maximum atomic E-state index is 11.4. The molecule has 0 fully saturated rings. The molecule has 1 amide bonds. The van der Waals surface area contributed by atoms with Gasteiger partial charge in [0.2, 0.25) is 5.91 Å². The first kappa shape index (κ1) is 30.7. The summed E-state index contributed by atoms with van der Waals surface area (Å²) in [6.45, 7) is 12.5. The molecule has 198 valence electrons. The summed E-state index contributed by atoms with van der Waals surface area (Å²) >= 11 is 0. The summed E-state index contributed by atoms with van der Waals surface area (Å²) < 4.78 is 10.3. The second-order valence-corrected chi connectivity index (χ2v) is 9.23. The minimum Gasteiger partial charge on any atom is -0.461 e. The largest absolute Gasteiger partial charge is 0.461 e. The van der Waals surface area contributed by atoms with Gasteiger partial charge in [-0.3, -0.25) is 14.4 Å². The Labute approximate surface area is 216 Å². The maximum absolute atomic E-state index is 11.4. The van der Waals surface area contributed by atoms with Crippen LogP contribution in [0.5, 0.6) is 0 Å². The Kier molecular flexibility index (Phi) is 14.6. The third-order valence-corrected chi connectivity index (χ3v) is 5.04. The van der Waals surface area contributed by atoms with E-state index in [2.05, 4.69) is 17.6 Å². The first-order valence-electron chi connectivity index (χ1n) is 12.6. The molecule has 36 heavy (non-hydrogen) atoms. The summed E-state index contributed by atoms with van der Waals surface area (Å²) in [4.78, 5) is 33.4. The van der Waals surface area contributed by atoms with E-state index < -0.39 is 0 Å². The Morgan fingerprint density at radius 3 is 1.56 bits per heavy atom. The summed E-state index contributed by atoms with van der Waals surface area (Å²) in [5.74, 6) is -0.658. The lowest BCUT2D eigenvalue weighted by Crippen LogP contribution is -2.11. The van der Waals surface area contributed by atoms with Crippen LogP contribution in [0.2, 0.25) is 0 Å². The fourth-order valence-corrected chi connectivity index (χ4v) is 2.86. The summed E-state index contributed by atoms with van der Waals surface area (Å²) in [7, 11) is 0. The number of unbranched alkanes of at least 4 members (excludes halogenated alkanes) is 2. The van der Waals surface area contributed by atoms with Gasteiger partial charge in [0.25, 0.3) is 0 Å². The number of carbonyl (C=O) groups is 3. The lowest BCUT2D eigenvalue weighted by atomic mass is 10.2. The van der Waals surface area contributed by atoms with Crippen molar-refractivity contribution in [2.75, 3.05) is 17.2 Å². The van der Waals surface area contributed by atoms with E-state index in [4.69, 9.17) is 9.47 Å². The van der Waals surface area contributed by atoms with Crippen LogP contribution in [0.15, 0.2) is 48.5 Å². The Morgan fingerprint density at radius 2 is 1.17 bits per heavy atom. The van der Waals surface area contributed by atoms with Crippen molar-refractivity contribution in [1.29, 1.82) is 0 Å². The van der Waals surface area contributed by atoms with Gasteiger partial charge in [0.1, 0.15) is 13.2 Å². The van der Waals surface area contributed by atoms with Crippen molar-refractivity contribution in [1.82, 2.24) is 0 Å². The molecule has 0 saturated heterocycles. The van der Waals surface area contributed by atoms with Crippen LogP contribution >= 0.6 is 0 Å².